The molecule has 0 bridgehead atoms. The summed E-state index contributed by atoms with van der Waals surface area (Å²) in [7, 11) is 1.56. The van der Waals surface area contributed by atoms with Crippen LogP contribution in [-0.4, -0.2) is 56.1 Å². The fourth-order valence-corrected chi connectivity index (χ4v) is 3.14. The van der Waals surface area contributed by atoms with Gasteiger partial charge in [-0.15, -0.1) is 17.5 Å². The highest BCUT2D eigenvalue weighted by Gasteiger charge is 2.18. The molecule has 1 fully saturated rings. The third kappa shape index (κ3) is 4.12. The van der Waals surface area contributed by atoms with Gasteiger partial charge in [0.2, 0.25) is 0 Å². The number of hydrogen-bond donors (Lipinski definition) is 2. The monoisotopic (exact) mass is 404 g/mol. The maximum Gasteiger partial charge on any atom is 0.276 e. The number of aromatic nitrogens is 6. The molecule has 1 saturated heterocycles. The molecule has 1 atom stereocenters. The number of nitrogens with one attached hydrogen (secondary N) is 2. The number of piperidine rings is 1. The Morgan fingerprint density at radius 3 is 2.96 bits per heavy atom. The lowest BCUT2D eigenvalue weighted by Crippen LogP contribution is -2.32. The Kier molecular flexibility index (Phi) is 6.22. The zero-order valence-corrected chi connectivity index (χ0v) is 16.1. The number of amides is 1. The highest BCUT2D eigenvalue weighted by atomic mass is 35.5. The van der Waals surface area contributed by atoms with Crippen LogP contribution in [0.4, 0.5) is 5.69 Å². The zero-order valence-electron chi connectivity index (χ0n) is 15.3. The van der Waals surface area contributed by atoms with Gasteiger partial charge in [0.1, 0.15) is 17.8 Å². The van der Waals surface area contributed by atoms with Gasteiger partial charge in [0.15, 0.2) is 5.69 Å². The second-order valence-electron chi connectivity index (χ2n) is 6.28. The second kappa shape index (κ2) is 8.81. The molecule has 11 heteroatoms. The summed E-state index contributed by atoms with van der Waals surface area (Å²) < 4.78 is 8.67. The van der Waals surface area contributed by atoms with Crippen molar-refractivity contribution >= 4 is 24.0 Å². The molecule has 1 amide bonds. The van der Waals surface area contributed by atoms with Crippen LogP contribution in [-0.2, 0) is 0 Å². The summed E-state index contributed by atoms with van der Waals surface area (Å²) in [6.45, 7) is 1.91. The maximum atomic E-state index is 12.6. The van der Waals surface area contributed by atoms with Crippen molar-refractivity contribution in [1.29, 1.82) is 0 Å². The fraction of sp³-hybridized carbons (Fsp3) is 0.353. The molecule has 10 nitrogen and oxygen atoms in total. The van der Waals surface area contributed by atoms with Crippen molar-refractivity contribution < 1.29 is 9.53 Å². The second-order valence-corrected chi connectivity index (χ2v) is 6.28. The van der Waals surface area contributed by atoms with Crippen LogP contribution in [0.3, 0.4) is 0 Å². The minimum atomic E-state index is -0.273. The van der Waals surface area contributed by atoms with Crippen LogP contribution in [0.2, 0.25) is 0 Å². The molecule has 3 heterocycles. The van der Waals surface area contributed by atoms with E-state index in [0.717, 1.165) is 25.9 Å². The van der Waals surface area contributed by atoms with Gasteiger partial charge in [-0.2, -0.15) is 9.78 Å². The van der Waals surface area contributed by atoms with Gasteiger partial charge in [0.25, 0.3) is 5.91 Å². The number of rotatable bonds is 5. The molecule has 0 saturated carbocycles. The van der Waals surface area contributed by atoms with Gasteiger partial charge >= 0.3 is 0 Å². The summed E-state index contributed by atoms with van der Waals surface area (Å²) in [5.41, 5.74) is 1.60. The van der Waals surface area contributed by atoms with E-state index < -0.39 is 0 Å². The molecule has 1 aliphatic heterocycles. The van der Waals surface area contributed by atoms with E-state index >= 15 is 0 Å². The van der Waals surface area contributed by atoms with Crippen LogP contribution in [0.25, 0.3) is 5.69 Å². The summed E-state index contributed by atoms with van der Waals surface area (Å²) >= 11 is 0. The average molecular weight is 405 g/mol. The third-order valence-corrected chi connectivity index (χ3v) is 4.52. The van der Waals surface area contributed by atoms with E-state index in [1.165, 1.54) is 11.0 Å². The Balaban J connectivity index is 0.00000225. The van der Waals surface area contributed by atoms with Crippen molar-refractivity contribution in [3.63, 3.8) is 0 Å². The zero-order chi connectivity index (χ0) is 18.6. The lowest BCUT2D eigenvalue weighted by Gasteiger charge is -2.22. The van der Waals surface area contributed by atoms with Crippen molar-refractivity contribution in [2.24, 2.45) is 0 Å². The molecule has 0 radical (unpaired) electrons. The number of carbonyl (C=O) groups excluding carboxylic acids is 1. The van der Waals surface area contributed by atoms with E-state index in [1.807, 2.05) is 10.9 Å². The molecule has 0 aliphatic carbocycles. The first kappa shape index (κ1) is 19.8. The largest absolute Gasteiger partial charge is 0.494 e. The van der Waals surface area contributed by atoms with E-state index in [0.29, 0.717) is 22.8 Å². The molecule has 4 rings (SSSR count). The number of ether oxygens (including phenoxy) is 1. The summed E-state index contributed by atoms with van der Waals surface area (Å²) in [4.78, 5) is 12.6. The molecule has 1 aromatic carbocycles. The topological polar surface area (TPSA) is 112 Å². The first-order valence-corrected chi connectivity index (χ1v) is 8.73. The van der Waals surface area contributed by atoms with Crippen LogP contribution in [0.5, 0.6) is 5.75 Å². The van der Waals surface area contributed by atoms with Crippen molar-refractivity contribution in [3.05, 3.63) is 42.5 Å². The molecule has 1 aliphatic rings. The number of benzene rings is 1. The van der Waals surface area contributed by atoms with E-state index in [1.54, 1.807) is 31.4 Å². The van der Waals surface area contributed by atoms with E-state index in [2.05, 4.69) is 31.3 Å². The van der Waals surface area contributed by atoms with Crippen LogP contribution in [0.1, 0.15) is 29.4 Å². The number of halogens is 1. The van der Waals surface area contributed by atoms with Crippen molar-refractivity contribution in [1.82, 2.24) is 35.3 Å². The minimum Gasteiger partial charge on any atom is -0.494 e. The van der Waals surface area contributed by atoms with Crippen LogP contribution in [0.15, 0.2) is 36.8 Å². The van der Waals surface area contributed by atoms with Gasteiger partial charge < -0.3 is 15.4 Å². The van der Waals surface area contributed by atoms with E-state index in [-0.39, 0.29) is 24.4 Å². The predicted octanol–water partition coefficient (Wildman–Crippen LogP) is 1.47. The number of hydrogen-bond acceptors (Lipinski definition) is 7. The fourth-order valence-electron chi connectivity index (χ4n) is 3.14. The minimum absolute atomic E-state index is 0. The highest BCUT2D eigenvalue weighted by molar-refractivity contribution is 6.03. The number of nitrogens with zero attached hydrogens (tertiary/aromatic N) is 6. The SMILES string of the molecule is COc1ccc(NC(=O)c2ccn(C3CCCNC3)n2)cc1-n1cnnn1.Cl. The van der Waals surface area contributed by atoms with Gasteiger partial charge in [0, 0.05) is 18.4 Å². The number of anilines is 1. The first-order valence-electron chi connectivity index (χ1n) is 8.73. The van der Waals surface area contributed by atoms with E-state index in [9.17, 15) is 4.79 Å². The Hall–Kier alpha value is -2.98. The van der Waals surface area contributed by atoms with Crippen molar-refractivity contribution in [2.45, 2.75) is 18.9 Å². The number of carbonyl (C=O) groups is 1. The lowest BCUT2D eigenvalue weighted by molar-refractivity contribution is 0.102. The molecule has 0 spiro atoms. The van der Waals surface area contributed by atoms with Gasteiger partial charge in [-0.25, -0.2) is 0 Å². The smallest absolute Gasteiger partial charge is 0.276 e. The van der Waals surface area contributed by atoms with Crippen LogP contribution < -0.4 is 15.4 Å². The van der Waals surface area contributed by atoms with E-state index in [4.69, 9.17) is 4.74 Å². The molecule has 148 valence electrons. The molecule has 2 N–H and O–H groups in total. The Labute approximate surface area is 167 Å². The van der Waals surface area contributed by atoms with Gasteiger partial charge in [0.05, 0.1) is 13.2 Å². The van der Waals surface area contributed by atoms with Crippen molar-refractivity contribution in [2.75, 3.05) is 25.5 Å². The normalized spacial score (nSPS) is 16.2. The van der Waals surface area contributed by atoms with Gasteiger partial charge in [-0.05, 0) is 54.1 Å². The summed E-state index contributed by atoms with van der Waals surface area (Å²) in [5, 5.41) is 21.8. The lowest BCUT2D eigenvalue weighted by atomic mass is 10.1. The van der Waals surface area contributed by atoms with Crippen LogP contribution in [0, 0.1) is 0 Å². The Morgan fingerprint density at radius 1 is 1.36 bits per heavy atom. The summed E-state index contributed by atoms with van der Waals surface area (Å²) in [6, 6.07) is 7.27. The quantitative estimate of drug-likeness (QED) is 0.662. The molecular formula is C17H21ClN8O2. The van der Waals surface area contributed by atoms with Gasteiger partial charge in [-0.3, -0.25) is 9.48 Å². The predicted molar refractivity (Wildman–Crippen MR) is 104 cm³/mol. The molecule has 3 aromatic rings. The van der Waals surface area contributed by atoms with Gasteiger partial charge in [-0.1, -0.05) is 0 Å². The first-order chi connectivity index (χ1) is 13.2. The number of methoxy groups -OCH3 is 1. The molecule has 2 aromatic heterocycles. The highest BCUT2D eigenvalue weighted by Crippen LogP contribution is 2.25. The Bertz CT molecular complexity index is 921. The standard InChI is InChI=1S/C17H20N8O2.ClH/c1-27-16-5-4-12(9-15(16)25-11-19-22-23-25)20-17(26)14-6-8-24(21-14)13-3-2-7-18-10-13;/h4-6,8-9,11,13,18H,2-3,7,10H2,1H3,(H,20,26);1H. The molecule has 28 heavy (non-hydrogen) atoms. The third-order valence-electron chi connectivity index (χ3n) is 4.52. The van der Waals surface area contributed by atoms with Crippen molar-refractivity contribution in [3.8, 4) is 11.4 Å². The van der Waals surface area contributed by atoms with Crippen LogP contribution >= 0.6 is 12.4 Å². The summed E-state index contributed by atoms with van der Waals surface area (Å²) in [6.07, 6.45) is 5.48. The summed E-state index contributed by atoms with van der Waals surface area (Å²) in [5.74, 6) is 0.319. The average Bonchev–Trinajstić information content (AvgIpc) is 3.41. The number of tetrazole rings is 1. The maximum absolute atomic E-state index is 12.6. The molecule has 1 unspecified atom stereocenters. The molecular weight excluding hydrogens is 384 g/mol. The Morgan fingerprint density at radius 2 is 2.25 bits per heavy atom.